The minimum atomic E-state index is -0.417. The number of aryl methyl sites for hydroxylation is 1. The Balaban J connectivity index is 1.27. The minimum Gasteiger partial charge on any atom is -0.451 e. The maximum absolute atomic E-state index is 12.7. The molecule has 0 spiro atoms. The molecule has 0 bridgehead atoms. The van der Waals surface area contributed by atoms with Crippen molar-refractivity contribution in [1.29, 1.82) is 0 Å². The molecule has 174 valence electrons. The number of anilines is 2. The van der Waals surface area contributed by atoms with Gasteiger partial charge in [-0.15, -0.1) is 0 Å². The van der Waals surface area contributed by atoms with Crippen molar-refractivity contribution >= 4 is 57.4 Å². The van der Waals surface area contributed by atoms with Crippen LogP contribution in [-0.2, 0) is 0 Å². The molecule has 35 heavy (non-hydrogen) atoms. The van der Waals surface area contributed by atoms with E-state index in [0.717, 1.165) is 10.9 Å². The Kier molecular flexibility index (Phi) is 6.07. The van der Waals surface area contributed by atoms with Crippen LogP contribution in [0, 0.1) is 6.92 Å². The van der Waals surface area contributed by atoms with Gasteiger partial charge in [-0.25, -0.2) is 0 Å². The average molecular weight is 505 g/mol. The van der Waals surface area contributed by atoms with Crippen molar-refractivity contribution in [1.82, 2.24) is 0 Å². The summed E-state index contributed by atoms with van der Waals surface area (Å²) >= 11 is 12.2. The Morgan fingerprint density at radius 2 is 1.57 bits per heavy atom. The Morgan fingerprint density at radius 1 is 0.771 bits per heavy atom. The zero-order valence-corrected chi connectivity index (χ0v) is 19.9. The van der Waals surface area contributed by atoms with Gasteiger partial charge in [-0.3, -0.25) is 9.59 Å². The molecule has 0 aliphatic heterocycles. The number of para-hydroxylation sites is 1. The summed E-state index contributed by atoms with van der Waals surface area (Å²) in [6.45, 7) is 1.83. The quantitative estimate of drug-likeness (QED) is 0.255. The number of rotatable bonds is 5. The zero-order chi connectivity index (χ0) is 24.5. The maximum Gasteiger partial charge on any atom is 0.291 e. The third-order valence-corrected chi connectivity index (χ3v) is 5.96. The molecular weight excluding hydrogens is 487 g/mol. The van der Waals surface area contributed by atoms with Crippen LogP contribution >= 0.6 is 23.2 Å². The van der Waals surface area contributed by atoms with Crippen molar-refractivity contribution in [3.8, 4) is 11.3 Å². The van der Waals surface area contributed by atoms with Gasteiger partial charge in [0.25, 0.3) is 11.8 Å². The first-order valence-electron chi connectivity index (χ1n) is 10.6. The van der Waals surface area contributed by atoms with Crippen molar-refractivity contribution in [2.75, 3.05) is 10.6 Å². The summed E-state index contributed by atoms with van der Waals surface area (Å²) in [5.74, 6) is 0.0323. The minimum absolute atomic E-state index is 0.130. The zero-order valence-electron chi connectivity index (χ0n) is 18.4. The monoisotopic (exact) mass is 504 g/mol. The van der Waals surface area contributed by atoms with Crippen LogP contribution in [0.4, 0.5) is 11.4 Å². The largest absolute Gasteiger partial charge is 0.451 e. The lowest BCUT2D eigenvalue weighted by atomic mass is 10.1. The second-order valence-corrected chi connectivity index (χ2v) is 8.72. The van der Waals surface area contributed by atoms with Crippen LogP contribution < -0.4 is 10.6 Å². The maximum atomic E-state index is 12.7. The Bertz CT molecular complexity index is 1550. The van der Waals surface area contributed by atoms with Gasteiger partial charge in [-0.2, -0.15) is 0 Å². The molecule has 0 atom stereocenters. The summed E-state index contributed by atoms with van der Waals surface area (Å²) in [7, 11) is 0. The number of carbonyl (C=O) groups excluding carboxylic acids is 2. The normalized spacial score (nSPS) is 10.9. The molecular formula is C27H18Cl2N2O4. The standard InChI is InChI=1S/C27H18Cl2N2O4/c1-15-12-18(7-9-21(15)31-27(33)25-13-16-4-2-3-5-22(16)34-25)30-26(32)24-11-10-23(35-24)19-8-6-17(28)14-20(19)29/h2-14H,1H3,(H,30,32)(H,31,33). The first-order valence-corrected chi connectivity index (χ1v) is 11.4. The molecule has 5 rings (SSSR count). The highest BCUT2D eigenvalue weighted by Gasteiger charge is 2.16. The van der Waals surface area contributed by atoms with Gasteiger partial charge >= 0.3 is 0 Å². The summed E-state index contributed by atoms with van der Waals surface area (Å²) in [6, 6.07) is 22.6. The van der Waals surface area contributed by atoms with E-state index in [9.17, 15) is 9.59 Å². The van der Waals surface area contributed by atoms with E-state index in [1.54, 1.807) is 60.7 Å². The number of hydrogen-bond acceptors (Lipinski definition) is 4. The number of furan rings is 2. The molecule has 0 saturated carbocycles. The number of halogens is 2. The van der Waals surface area contributed by atoms with E-state index in [-0.39, 0.29) is 17.4 Å². The molecule has 8 heteroatoms. The summed E-state index contributed by atoms with van der Waals surface area (Å²) in [5.41, 5.74) is 3.20. The summed E-state index contributed by atoms with van der Waals surface area (Å²) in [5, 5.41) is 7.43. The van der Waals surface area contributed by atoms with Gasteiger partial charge in [0, 0.05) is 27.3 Å². The molecule has 2 amide bonds. The van der Waals surface area contributed by atoms with E-state index >= 15 is 0 Å². The van der Waals surface area contributed by atoms with Crippen LogP contribution in [0.15, 0.2) is 87.7 Å². The number of benzene rings is 3. The third-order valence-electron chi connectivity index (χ3n) is 5.41. The topological polar surface area (TPSA) is 84.5 Å². The van der Waals surface area contributed by atoms with Crippen LogP contribution in [0.1, 0.15) is 26.7 Å². The van der Waals surface area contributed by atoms with Crippen LogP contribution in [0.5, 0.6) is 0 Å². The first kappa shape index (κ1) is 22.8. The smallest absolute Gasteiger partial charge is 0.291 e. The number of nitrogens with one attached hydrogen (secondary N) is 2. The highest BCUT2D eigenvalue weighted by Crippen LogP contribution is 2.32. The average Bonchev–Trinajstić information content (AvgIpc) is 3.48. The molecule has 0 saturated heterocycles. The van der Waals surface area contributed by atoms with Crippen molar-refractivity contribution in [3.63, 3.8) is 0 Å². The second kappa shape index (κ2) is 9.33. The van der Waals surface area contributed by atoms with Crippen molar-refractivity contribution < 1.29 is 18.4 Å². The Morgan fingerprint density at radius 3 is 2.34 bits per heavy atom. The fraction of sp³-hybridized carbons (Fsp3) is 0.0370. The molecule has 2 aromatic heterocycles. The lowest BCUT2D eigenvalue weighted by Crippen LogP contribution is -2.13. The highest BCUT2D eigenvalue weighted by molar-refractivity contribution is 6.36. The van der Waals surface area contributed by atoms with Gasteiger partial charge in [-0.05, 0) is 73.2 Å². The molecule has 2 heterocycles. The van der Waals surface area contributed by atoms with Crippen LogP contribution in [0.2, 0.25) is 10.0 Å². The van der Waals surface area contributed by atoms with Crippen LogP contribution in [0.3, 0.4) is 0 Å². The Labute approximate surface area is 210 Å². The molecule has 5 aromatic rings. The second-order valence-electron chi connectivity index (χ2n) is 7.87. The predicted octanol–water partition coefficient (Wildman–Crippen LogP) is 7.81. The molecule has 0 unspecified atom stereocenters. The highest BCUT2D eigenvalue weighted by atomic mass is 35.5. The number of fused-ring (bicyclic) bond motifs is 1. The van der Waals surface area contributed by atoms with E-state index in [0.29, 0.717) is 38.3 Å². The first-order chi connectivity index (χ1) is 16.9. The van der Waals surface area contributed by atoms with Crippen molar-refractivity contribution in [3.05, 3.63) is 106 Å². The fourth-order valence-electron chi connectivity index (χ4n) is 3.65. The lowest BCUT2D eigenvalue weighted by Gasteiger charge is -2.10. The number of amides is 2. The molecule has 3 aromatic carbocycles. The Hall–Kier alpha value is -4.00. The van der Waals surface area contributed by atoms with Gasteiger partial charge < -0.3 is 19.5 Å². The van der Waals surface area contributed by atoms with Crippen LogP contribution in [0.25, 0.3) is 22.3 Å². The molecule has 6 nitrogen and oxygen atoms in total. The van der Waals surface area contributed by atoms with Gasteiger partial charge in [-0.1, -0.05) is 41.4 Å². The molecule has 0 radical (unpaired) electrons. The number of hydrogen-bond donors (Lipinski definition) is 2. The lowest BCUT2D eigenvalue weighted by molar-refractivity contribution is 0.0990. The molecule has 0 aliphatic rings. The summed E-state index contributed by atoms with van der Waals surface area (Å²) in [6.07, 6.45) is 0. The van der Waals surface area contributed by atoms with E-state index in [4.69, 9.17) is 32.0 Å². The fourth-order valence-corrected chi connectivity index (χ4v) is 4.15. The van der Waals surface area contributed by atoms with Gasteiger partial charge in [0.2, 0.25) is 0 Å². The summed E-state index contributed by atoms with van der Waals surface area (Å²) in [4.78, 5) is 25.3. The van der Waals surface area contributed by atoms with E-state index in [1.807, 2.05) is 25.1 Å². The van der Waals surface area contributed by atoms with E-state index in [1.165, 1.54) is 0 Å². The third kappa shape index (κ3) is 4.80. The van der Waals surface area contributed by atoms with Crippen LogP contribution in [-0.4, -0.2) is 11.8 Å². The SMILES string of the molecule is Cc1cc(NC(=O)c2ccc(-c3ccc(Cl)cc3Cl)o2)ccc1NC(=O)c1cc2ccccc2o1. The predicted molar refractivity (Wildman–Crippen MR) is 137 cm³/mol. The van der Waals surface area contributed by atoms with Crippen molar-refractivity contribution in [2.45, 2.75) is 6.92 Å². The summed E-state index contributed by atoms with van der Waals surface area (Å²) < 4.78 is 11.3. The molecule has 2 N–H and O–H groups in total. The number of carbonyl (C=O) groups is 2. The molecule has 0 aliphatic carbocycles. The van der Waals surface area contributed by atoms with Gasteiger partial charge in [0.05, 0.1) is 5.02 Å². The molecule has 0 fully saturated rings. The van der Waals surface area contributed by atoms with E-state index < -0.39 is 5.91 Å². The van der Waals surface area contributed by atoms with Gasteiger partial charge in [0.15, 0.2) is 11.5 Å². The van der Waals surface area contributed by atoms with E-state index in [2.05, 4.69) is 10.6 Å². The van der Waals surface area contributed by atoms with Gasteiger partial charge in [0.1, 0.15) is 11.3 Å². The van der Waals surface area contributed by atoms with Crippen molar-refractivity contribution in [2.24, 2.45) is 0 Å².